The van der Waals surface area contributed by atoms with Gasteiger partial charge in [0.25, 0.3) is 0 Å². The molecule has 5 nitrogen and oxygen atoms in total. The topological polar surface area (TPSA) is 41.5 Å². The van der Waals surface area contributed by atoms with Crippen molar-refractivity contribution in [3.8, 4) is 5.88 Å². The molecule has 2 atom stereocenters. The molecule has 5 heterocycles. The predicted molar refractivity (Wildman–Crippen MR) is 97.7 cm³/mol. The van der Waals surface area contributed by atoms with Gasteiger partial charge in [0.2, 0.25) is 5.88 Å². The van der Waals surface area contributed by atoms with E-state index < -0.39 is 0 Å². The van der Waals surface area contributed by atoms with Crippen LogP contribution in [0.2, 0.25) is 5.02 Å². The number of halogens is 2. The predicted octanol–water partition coefficient (Wildman–Crippen LogP) is 3.36. The molecule has 24 heavy (non-hydrogen) atoms. The summed E-state index contributed by atoms with van der Waals surface area (Å²) in [5.41, 5.74) is 1.13. The van der Waals surface area contributed by atoms with Gasteiger partial charge in [-0.25, -0.2) is 9.97 Å². The number of fused-ring (bicyclic) bond motifs is 2. The molecule has 2 aromatic heterocycles. The molecule has 7 heteroatoms. The minimum absolute atomic E-state index is 0.483. The van der Waals surface area contributed by atoms with E-state index in [1.807, 2.05) is 24.5 Å². The zero-order valence-corrected chi connectivity index (χ0v) is 15.7. The van der Waals surface area contributed by atoms with Crippen molar-refractivity contribution < 1.29 is 4.74 Å². The van der Waals surface area contributed by atoms with E-state index in [0.29, 0.717) is 23.0 Å². The molecular formula is C17H18BrClN4O. The number of aromatic nitrogens is 2. The van der Waals surface area contributed by atoms with Crippen molar-refractivity contribution in [3.63, 3.8) is 0 Å². The third kappa shape index (κ3) is 2.98. The molecule has 2 bridgehead atoms. The number of hydrogen-bond acceptors (Lipinski definition) is 5. The second-order valence-electron chi connectivity index (χ2n) is 6.29. The summed E-state index contributed by atoms with van der Waals surface area (Å²) in [6, 6.07) is 7.21. The highest BCUT2D eigenvalue weighted by molar-refractivity contribution is 9.10. The average molecular weight is 410 g/mol. The summed E-state index contributed by atoms with van der Waals surface area (Å²) >= 11 is 9.62. The smallest absolute Gasteiger partial charge is 0.232 e. The van der Waals surface area contributed by atoms with Crippen molar-refractivity contribution in [1.29, 1.82) is 0 Å². The lowest BCUT2D eigenvalue weighted by atomic mass is 9.87. The van der Waals surface area contributed by atoms with Crippen LogP contribution in [0, 0.1) is 0 Å². The van der Waals surface area contributed by atoms with E-state index in [-0.39, 0.29) is 0 Å². The van der Waals surface area contributed by atoms with Gasteiger partial charge in [-0.1, -0.05) is 11.6 Å². The molecule has 3 aliphatic heterocycles. The first-order valence-corrected chi connectivity index (χ1v) is 9.12. The molecule has 2 aromatic rings. The van der Waals surface area contributed by atoms with E-state index in [1.165, 1.54) is 6.42 Å². The van der Waals surface area contributed by atoms with Gasteiger partial charge in [0.05, 0.1) is 7.11 Å². The highest BCUT2D eigenvalue weighted by Crippen LogP contribution is 2.36. The van der Waals surface area contributed by atoms with Gasteiger partial charge in [0, 0.05) is 48.6 Å². The fourth-order valence-electron chi connectivity index (χ4n) is 3.60. The number of methoxy groups -OCH3 is 1. The van der Waals surface area contributed by atoms with Crippen LogP contribution in [0.25, 0.3) is 0 Å². The van der Waals surface area contributed by atoms with Crippen molar-refractivity contribution in [2.45, 2.75) is 25.0 Å². The molecular weight excluding hydrogens is 392 g/mol. The first-order valence-electron chi connectivity index (χ1n) is 7.94. The van der Waals surface area contributed by atoms with Crippen LogP contribution in [0.3, 0.4) is 0 Å². The van der Waals surface area contributed by atoms with Crippen LogP contribution in [0.4, 0.5) is 5.82 Å². The van der Waals surface area contributed by atoms with Crippen LogP contribution < -0.4 is 9.64 Å². The maximum absolute atomic E-state index is 6.18. The van der Waals surface area contributed by atoms with Crippen LogP contribution in [-0.4, -0.2) is 47.2 Å². The Morgan fingerprint density at radius 1 is 1.25 bits per heavy atom. The second kappa shape index (κ2) is 6.50. The van der Waals surface area contributed by atoms with E-state index in [9.17, 15) is 0 Å². The summed E-state index contributed by atoms with van der Waals surface area (Å²) in [6.07, 6.45) is 4.97. The number of hydrogen-bond donors (Lipinski definition) is 0. The van der Waals surface area contributed by atoms with Crippen LogP contribution in [0.5, 0.6) is 5.88 Å². The summed E-state index contributed by atoms with van der Waals surface area (Å²) in [5.74, 6) is 1.54. The third-order valence-electron chi connectivity index (χ3n) is 4.80. The maximum atomic E-state index is 6.18. The number of anilines is 1. The maximum Gasteiger partial charge on any atom is 0.232 e. The lowest BCUT2D eigenvalue weighted by molar-refractivity contribution is -0.00876. The standard InChI is InChI=1S/C17H18BrClN4O/c1-24-17-15(19)4-11(6-21-17)8-23-13-5-14(23)10-22(9-13)16-3-2-12(18)7-20-16/h2-4,6-7,13-14H,5,8-10H2,1H3. The van der Waals surface area contributed by atoms with E-state index in [4.69, 9.17) is 16.3 Å². The van der Waals surface area contributed by atoms with Crippen LogP contribution >= 0.6 is 27.5 Å². The SMILES string of the molecule is COc1ncc(CN2C3CC2CN(c2ccc(Br)cn2)C3)cc1Cl. The number of piperidine rings is 1. The highest BCUT2D eigenvalue weighted by Gasteiger charge is 2.44. The Labute approximate surface area is 154 Å². The lowest BCUT2D eigenvalue weighted by Gasteiger charge is -2.56. The van der Waals surface area contributed by atoms with Crippen LogP contribution in [0.1, 0.15) is 12.0 Å². The van der Waals surface area contributed by atoms with Crippen molar-refractivity contribution >= 4 is 33.3 Å². The molecule has 126 valence electrons. The van der Waals surface area contributed by atoms with Gasteiger partial charge in [-0.2, -0.15) is 0 Å². The van der Waals surface area contributed by atoms with Crippen LogP contribution in [0.15, 0.2) is 35.1 Å². The summed E-state index contributed by atoms with van der Waals surface area (Å²) in [6.45, 7) is 2.92. The monoisotopic (exact) mass is 408 g/mol. The first kappa shape index (κ1) is 16.1. The Morgan fingerprint density at radius 3 is 2.67 bits per heavy atom. The molecule has 3 saturated heterocycles. The van der Waals surface area contributed by atoms with Gasteiger partial charge in [0.1, 0.15) is 10.8 Å². The second-order valence-corrected chi connectivity index (χ2v) is 7.61. The largest absolute Gasteiger partial charge is 0.480 e. The Bertz CT molecular complexity index is 730. The number of rotatable bonds is 4. The normalized spacial score (nSPS) is 23.0. The zero-order valence-electron chi connectivity index (χ0n) is 13.3. The van der Waals surface area contributed by atoms with Gasteiger partial charge >= 0.3 is 0 Å². The molecule has 5 rings (SSSR count). The summed E-state index contributed by atoms with van der Waals surface area (Å²) in [7, 11) is 1.58. The van der Waals surface area contributed by atoms with E-state index in [2.05, 4.69) is 41.8 Å². The van der Waals surface area contributed by atoms with Crippen molar-refractivity contribution in [2.24, 2.45) is 0 Å². The Balaban J connectivity index is 1.42. The Kier molecular flexibility index (Phi) is 4.37. The minimum atomic E-state index is 0.483. The molecule has 0 N–H and O–H groups in total. The number of ether oxygens (including phenoxy) is 1. The summed E-state index contributed by atoms with van der Waals surface area (Å²) in [5, 5.41) is 0.571. The number of nitrogens with zero attached hydrogens (tertiary/aromatic N) is 4. The fourth-order valence-corrected chi connectivity index (χ4v) is 4.10. The average Bonchev–Trinajstić information content (AvgIpc) is 2.60. The van der Waals surface area contributed by atoms with Crippen LogP contribution in [-0.2, 0) is 6.54 Å². The lowest BCUT2D eigenvalue weighted by Crippen LogP contribution is -2.68. The third-order valence-corrected chi connectivity index (χ3v) is 5.54. The number of pyridine rings is 2. The van der Waals surface area contributed by atoms with Crippen molar-refractivity contribution in [3.05, 3.63) is 45.7 Å². The van der Waals surface area contributed by atoms with Crippen molar-refractivity contribution in [1.82, 2.24) is 14.9 Å². The van der Waals surface area contributed by atoms with Gasteiger partial charge < -0.3 is 9.64 Å². The van der Waals surface area contributed by atoms with Gasteiger partial charge in [0.15, 0.2) is 0 Å². The molecule has 0 radical (unpaired) electrons. The molecule has 2 unspecified atom stereocenters. The molecule has 0 amide bonds. The molecule has 0 saturated carbocycles. The van der Waals surface area contributed by atoms with E-state index >= 15 is 0 Å². The Morgan fingerprint density at radius 2 is 2.04 bits per heavy atom. The van der Waals surface area contributed by atoms with E-state index in [0.717, 1.165) is 35.5 Å². The summed E-state index contributed by atoms with van der Waals surface area (Å²) < 4.78 is 6.13. The zero-order chi connectivity index (χ0) is 16.7. The van der Waals surface area contributed by atoms with E-state index in [1.54, 1.807) is 7.11 Å². The molecule has 0 spiro atoms. The molecule has 0 aromatic carbocycles. The minimum Gasteiger partial charge on any atom is -0.480 e. The highest BCUT2D eigenvalue weighted by atomic mass is 79.9. The van der Waals surface area contributed by atoms with Gasteiger partial charge in [-0.05, 0) is 46.1 Å². The molecule has 3 aliphatic rings. The quantitative estimate of drug-likeness (QED) is 0.774. The fraction of sp³-hybridized carbons (Fsp3) is 0.412. The van der Waals surface area contributed by atoms with Gasteiger partial charge in [-0.3, -0.25) is 4.90 Å². The van der Waals surface area contributed by atoms with Gasteiger partial charge in [-0.15, -0.1) is 0 Å². The molecule has 0 aliphatic carbocycles. The number of piperazine rings is 1. The summed E-state index contributed by atoms with van der Waals surface area (Å²) in [4.78, 5) is 13.7. The Hall–Kier alpha value is -1.37. The van der Waals surface area contributed by atoms with Crippen molar-refractivity contribution in [2.75, 3.05) is 25.1 Å². The first-order chi connectivity index (χ1) is 11.6. The molecule has 3 fully saturated rings.